The van der Waals surface area contributed by atoms with E-state index in [4.69, 9.17) is 4.74 Å². The largest absolute Gasteiger partial charge is 0.457 e. The summed E-state index contributed by atoms with van der Waals surface area (Å²) in [7, 11) is 1.54. The van der Waals surface area contributed by atoms with Crippen LogP contribution in [0.1, 0.15) is 60.9 Å². The monoisotopic (exact) mass is 702 g/mol. The maximum atomic E-state index is 14.5. The molecule has 2 atom stereocenters. The molecule has 15 heteroatoms. The first-order valence-electron chi connectivity index (χ1n) is 15.8. The number of halogens is 6. The fraction of sp³-hybridized carbons (Fsp3) is 0.545. The van der Waals surface area contributed by atoms with E-state index in [1.165, 1.54) is 7.05 Å². The Morgan fingerprint density at radius 3 is 2.08 bits per heavy atom. The minimum atomic E-state index is -5.93. The summed E-state index contributed by atoms with van der Waals surface area (Å²) >= 11 is 0. The zero-order valence-electron chi connectivity index (χ0n) is 26.4. The number of nitrogens with one attached hydrogen (secondary N) is 2. The number of rotatable bonds is 9. The first-order valence-corrected chi connectivity index (χ1v) is 15.8. The summed E-state index contributed by atoms with van der Waals surface area (Å²) in [6, 6.07) is 12.2. The Bertz CT molecular complexity index is 1430. The highest BCUT2D eigenvalue weighted by Crippen LogP contribution is 2.42. The number of alkyl halides is 5. The average molecular weight is 703 g/mol. The molecule has 5 rings (SSSR count). The number of aliphatic hydroxyl groups is 1. The van der Waals surface area contributed by atoms with Crippen molar-refractivity contribution >= 4 is 30.1 Å². The third-order valence-corrected chi connectivity index (χ3v) is 9.60. The molecule has 2 saturated heterocycles. The zero-order chi connectivity index (χ0) is 34.0. The summed E-state index contributed by atoms with van der Waals surface area (Å²) < 4.78 is 74.9. The lowest BCUT2D eigenvalue weighted by Gasteiger charge is -2.53. The van der Waals surface area contributed by atoms with E-state index < -0.39 is 48.1 Å². The lowest BCUT2D eigenvalue weighted by atomic mass is 9.77. The van der Waals surface area contributed by atoms with Crippen molar-refractivity contribution in [3.8, 4) is 11.5 Å². The number of nitrogens with zero attached hydrogens (tertiary/aromatic N) is 2. The molecule has 9 nitrogen and oxygen atoms in total. The van der Waals surface area contributed by atoms with E-state index >= 15 is 0 Å². The van der Waals surface area contributed by atoms with Crippen LogP contribution < -0.4 is 15.4 Å². The molecule has 1 aliphatic carbocycles. The molecule has 2 aliphatic heterocycles. The molecular formula is C33H40ClF5N4O5. The molecule has 3 fully saturated rings. The van der Waals surface area contributed by atoms with Crippen LogP contribution in [-0.2, 0) is 16.1 Å². The van der Waals surface area contributed by atoms with Gasteiger partial charge in [-0.15, -0.1) is 12.4 Å². The van der Waals surface area contributed by atoms with Crippen molar-refractivity contribution in [2.24, 2.45) is 5.92 Å². The second-order valence-electron chi connectivity index (χ2n) is 12.6. The lowest BCUT2D eigenvalue weighted by Crippen LogP contribution is -2.76. The van der Waals surface area contributed by atoms with E-state index in [1.54, 1.807) is 36.4 Å². The number of benzene rings is 2. The van der Waals surface area contributed by atoms with Crippen molar-refractivity contribution in [3.63, 3.8) is 0 Å². The lowest BCUT2D eigenvalue weighted by molar-refractivity contribution is -0.289. The molecule has 3 amide bonds. The molecule has 2 aromatic rings. The highest BCUT2D eigenvalue weighted by atomic mass is 35.5. The van der Waals surface area contributed by atoms with Crippen LogP contribution in [0.3, 0.4) is 0 Å². The maximum Gasteiger partial charge on any atom is 0.455 e. The highest BCUT2D eigenvalue weighted by Gasteiger charge is 2.64. The van der Waals surface area contributed by atoms with Gasteiger partial charge in [-0.05, 0) is 73.6 Å². The molecule has 0 unspecified atom stereocenters. The molecule has 0 radical (unpaired) electrons. The van der Waals surface area contributed by atoms with Crippen molar-refractivity contribution in [1.29, 1.82) is 0 Å². The van der Waals surface area contributed by atoms with Gasteiger partial charge in [0.2, 0.25) is 11.8 Å². The van der Waals surface area contributed by atoms with Crippen LogP contribution in [0.25, 0.3) is 0 Å². The number of aliphatic hydroxyl groups excluding tert-OH is 1. The van der Waals surface area contributed by atoms with E-state index in [0.29, 0.717) is 41.3 Å². The van der Waals surface area contributed by atoms with Crippen molar-refractivity contribution < 1.29 is 46.2 Å². The fourth-order valence-corrected chi connectivity index (χ4v) is 6.79. The Morgan fingerprint density at radius 2 is 1.54 bits per heavy atom. The van der Waals surface area contributed by atoms with E-state index in [2.05, 4.69) is 10.6 Å². The number of hydrogen-bond donors (Lipinski definition) is 3. The molecule has 3 aliphatic rings. The standard InChI is InChI=1S/C33H39F5N4O5.ClH/c1-39-28(44)23-9-13-25(14-10-23)47-24-11-7-21(8-12-24)19-41-17-15-31(16-18-41)30(46)40-26(27(43)22-5-3-2-4-6-22)29(45)42(31)20-32(34,35)33(36,37)38;/h7-14,22,26-27,43H,2-6,15-20H2,1H3,(H,39,44)(H,40,46);1H/t26-,27-;/m1./s1. The van der Waals surface area contributed by atoms with Crippen LogP contribution in [0, 0.1) is 5.92 Å². The molecule has 3 N–H and O–H groups in total. The predicted octanol–water partition coefficient (Wildman–Crippen LogP) is 5.06. The second kappa shape index (κ2) is 15.0. The van der Waals surface area contributed by atoms with Crippen molar-refractivity contribution in [1.82, 2.24) is 20.4 Å². The van der Waals surface area contributed by atoms with Gasteiger partial charge in [-0.2, -0.15) is 22.0 Å². The van der Waals surface area contributed by atoms with Crippen LogP contribution >= 0.6 is 12.4 Å². The Balaban J connectivity index is 0.00000520. The van der Waals surface area contributed by atoms with Crippen LogP contribution in [0.15, 0.2) is 48.5 Å². The smallest absolute Gasteiger partial charge is 0.455 e. The van der Waals surface area contributed by atoms with E-state index in [1.807, 2.05) is 17.0 Å². The molecule has 2 heterocycles. The average Bonchev–Trinajstić information content (AvgIpc) is 3.06. The van der Waals surface area contributed by atoms with Gasteiger partial charge in [-0.25, -0.2) is 0 Å². The number of piperidine rings is 1. The first-order chi connectivity index (χ1) is 22.2. The van der Waals surface area contributed by atoms with Crippen LogP contribution in [-0.4, -0.2) is 89.1 Å². The number of ether oxygens (including phenoxy) is 1. The molecule has 1 spiro atoms. The Kier molecular flexibility index (Phi) is 11.6. The Morgan fingerprint density at radius 1 is 0.979 bits per heavy atom. The number of amides is 3. The van der Waals surface area contributed by atoms with Gasteiger partial charge in [0.05, 0.1) is 12.6 Å². The second-order valence-corrected chi connectivity index (χ2v) is 12.6. The third-order valence-electron chi connectivity index (χ3n) is 9.60. The molecule has 48 heavy (non-hydrogen) atoms. The fourth-order valence-electron chi connectivity index (χ4n) is 6.79. The number of hydrogen-bond acceptors (Lipinski definition) is 6. The number of piperazine rings is 1. The topological polar surface area (TPSA) is 111 Å². The molecular weight excluding hydrogens is 663 g/mol. The molecule has 0 bridgehead atoms. The van der Waals surface area contributed by atoms with Crippen LogP contribution in [0.4, 0.5) is 22.0 Å². The van der Waals surface area contributed by atoms with Crippen molar-refractivity contribution in [3.05, 3.63) is 59.7 Å². The van der Waals surface area contributed by atoms with E-state index in [0.717, 1.165) is 24.8 Å². The third kappa shape index (κ3) is 7.86. The zero-order valence-corrected chi connectivity index (χ0v) is 27.2. The van der Waals surface area contributed by atoms with Gasteiger partial charge in [0.1, 0.15) is 23.1 Å². The summed E-state index contributed by atoms with van der Waals surface area (Å²) in [6.07, 6.45) is -3.97. The van der Waals surface area contributed by atoms with E-state index in [-0.39, 0.29) is 50.2 Å². The van der Waals surface area contributed by atoms with E-state index in [9.17, 15) is 41.4 Å². The van der Waals surface area contributed by atoms with Crippen LogP contribution in [0.2, 0.25) is 0 Å². The number of carbonyl (C=O) groups excluding carboxylic acids is 3. The van der Waals surface area contributed by atoms with Gasteiger partial charge in [-0.3, -0.25) is 19.3 Å². The summed E-state index contributed by atoms with van der Waals surface area (Å²) in [5, 5.41) is 16.1. The normalized spacial score (nSPS) is 21.3. The highest BCUT2D eigenvalue weighted by molar-refractivity contribution is 6.00. The summed E-state index contributed by atoms with van der Waals surface area (Å²) in [5.41, 5.74) is -0.554. The SMILES string of the molecule is CNC(=O)c1ccc(Oc2ccc(CN3CCC4(CC3)C(=O)N[C@H]([C@H](O)C3CCCCC3)C(=O)N4CC(F)(F)C(F)(F)F)cc2)cc1.Cl. The molecule has 0 aromatic heterocycles. The van der Waals surface area contributed by atoms with Gasteiger partial charge >= 0.3 is 12.1 Å². The summed E-state index contributed by atoms with van der Waals surface area (Å²) in [6.45, 7) is -1.29. The van der Waals surface area contributed by atoms with Crippen molar-refractivity contribution in [2.45, 2.75) is 81.3 Å². The van der Waals surface area contributed by atoms with Gasteiger partial charge < -0.3 is 25.4 Å². The molecule has 264 valence electrons. The van der Waals surface area contributed by atoms with Gasteiger partial charge in [0.15, 0.2) is 0 Å². The van der Waals surface area contributed by atoms with Crippen LogP contribution in [0.5, 0.6) is 11.5 Å². The van der Waals surface area contributed by atoms with Crippen molar-refractivity contribution in [2.75, 3.05) is 26.7 Å². The molecule has 1 saturated carbocycles. The van der Waals surface area contributed by atoms with Gasteiger partial charge in [0.25, 0.3) is 5.91 Å². The number of carbonyl (C=O) groups is 3. The van der Waals surface area contributed by atoms with Gasteiger partial charge in [-0.1, -0.05) is 31.4 Å². The number of likely N-dealkylation sites (tertiary alicyclic amines) is 1. The Labute approximate surface area is 281 Å². The minimum absolute atomic E-state index is 0. The predicted molar refractivity (Wildman–Crippen MR) is 168 cm³/mol. The summed E-state index contributed by atoms with van der Waals surface area (Å²) in [4.78, 5) is 41.3. The molecule has 2 aromatic carbocycles. The quantitative estimate of drug-likeness (QED) is 0.315. The Hall–Kier alpha value is -3.49. The minimum Gasteiger partial charge on any atom is -0.457 e. The maximum absolute atomic E-state index is 14.5. The van der Waals surface area contributed by atoms with Gasteiger partial charge in [0, 0.05) is 32.2 Å². The summed E-state index contributed by atoms with van der Waals surface area (Å²) in [5.74, 6) is -6.70. The first kappa shape index (κ1) is 37.3.